The van der Waals surface area contributed by atoms with Crippen LogP contribution in [0.5, 0.6) is 11.5 Å². The minimum Gasteiger partial charge on any atom is -0.493 e. The summed E-state index contributed by atoms with van der Waals surface area (Å²) in [5.41, 5.74) is 4.49. The summed E-state index contributed by atoms with van der Waals surface area (Å²) in [5, 5.41) is 19.2. The fourth-order valence-electron chi connectivity index (χ4n) is 2.95. The fraction of sp³-hybridized carbons (Fsp3) is 0.120. The first-order valence-electron chi connectivity index (χ1n) is 9.23. The number of benzene rings is 3. The first kappa shape index (κ1) is 21.0. The van der Waals surface area contributed by atoms with Crippen LogP contribution >= 0.6 is 11.6 Å². The van der Waals surface area contributed by atoms with Gasteiger partial charge in [-0.15, -0.1) is 0 Å². The van der Waals surface area contributed by atoms with Gasteiger partial charge in [0.2, 0.25) is 0 Å². The van der Waals surface area contributed by atoms with Crippen molar-refractivity contribution in [3.05, 3.63) is 93.5 Å². The number of ether oxygens (including phenoxy) is 2. The minimum atomic E-state index is 0.182. The second-order valence-corrected chi connectivity index (χ2v) is 7.03. The zero-order chi connectivity index (χ0) is 21.5. The molecule has 30 heavy (non-hydrogen) atoms. The van der Waals surface area contributed by atoms with Crippen molar-refractivity contribution in [1.82, 2.24) is 0 Å². The molecule has 0 aliphatic carbocycles. The highest BCUT2D eigenvalue weighted by molar-refractivity contribution is 6.32. The molecule has 3 rings (SSSR count). The largest absolute Gasteiger partial charge is 0.493 e. The van der Waals surface area contributed by atoms with Gasteiger partial charge in [0.05, 0.1) is 35.4 Å². The van der Waals surface area contributed by atoms with Gasteiger partial charge in [0, 0.05) is 5.56 Å². The van der Waals surface area contributed by atoms with Crippen molar-refractivity contribution in [3.8, 4) is 23.6 Å². The number of hydrogen-bond donors (Lipinski definition) is 0. The van der Waals surface area contributed by atoms with Crippen molar-refractivity contribution in [2.75, 3.05) is 7.11 Å². The van der Waals surface area contributed by atoms with Gasteiger partial charge in [-0.3, -0.25) is 0 Å². The Hall–Kier alpha value is -3.73. The number of aryl methyl sites for hydroxylation is 1. The maximum absolute atomic E-state index is 9.59. The standard InChI is InChI=1S/C25H19ClN2O2/c1-17-7-9-19(10-8-17)22(15-28)11-18-12-23(26)25(24(13-18)29-2)30-16-21-6-4-3-5-20(21)14-27/h3-13H,16H2,1-2H3/b22-11-. The summed E-state index contributed by atoms with van der Waals surface area (Å²) in [6.45, 7) is 2.18. The summed E-state index contributed by atoms with van der Waals surface area (Å²) in [5.74, 6) is 0.835. The Morgan fingerprint density at radius 3 is 2.47 bits per heavy atom. The number of halogens is 1. The van der Waals surface area contributed by atoms with Crippen LogP contribution in [0.15, 0.2) is 60.7 Å². The molecule has 0 unspecified atom stereocenters. The molecule has 0 aliphatic rings. The van der Waals surface area contributed by atoms with Crippen molar-refractivity contribution in [2.45, 2.75) is 13.5 Å². The normalized spacial score (nSPS) is 10.8. The molecule has 5 heteroatoms. The molecule has 0 aliphatic heterocycles. The van der Waals surface area contributed by atoms with Crippen molar-refractivity contribution in [2.24, 2.45) is 0 Å². The predicted octanol–water partition coefficient (Wildman–Crippen LogP) is 6.17. The highest BCUT2D eigenvalue weighted by atomic mass is 35.5. The van der Waals surface area contributed by atoms with Crippen LogP contribution in [0.2, 0.25) is 5.02 Å². The van der Waals surface area contributed by atoms with E-state index in [0.29, 0.717) is 27.7 Å². The van der Waals surface area contributed by atoms with Crippen LogP contribution in [-0.4, -0.2) is 7.11 Å². The molecule has 0 bridgehead atoms. The summed E-state index contributed by atoms with van der Waals surface area (Å²) in [7, 11) is 1.53. The van der Waals surface area contributed by atoms with Crippen LogP contribution in [0, 0.1) is 29.6 Å². The number of nitriles is 2. The van der Waals surface area contributed by atoms with Gasteiger partial charge in [0.15, 0.2) is 11.5 Å². The van der Waals surface area contributed by atoms with Gasteiger partial charge in [-0.1, -0.05) is 59.6 Å². The van der Waals surface area contributed by atoms with E-state index in [9.17, 15) is 10.5 Å². The third-order valence-corrected chi connectivity index (χ3v) is 4.84. The van der Waals surface area contributed by atoms with Crippen LogP contribution < -0.4 is 9.47 Å². The van der Waals surface area contributed by atoms with E-state index >= 15 is 0 Å². The van der Waals surface area contributed by atoms with Crippen molar-refractivity contribution in [3.63, 3.8) is 0 Å². The third-order valence-electron chi connectivity index (χ3n) is 4.56. The molecule has 0 saturated heterocycles. The molecule has 0 saturated carbocycles. The average Bonchev–Trinajstić information content (AvgIpc) is 2.77. The van der Waals surface area contributed by atoms with Gasteiger partial charge >= 0.3 is 0 Å². The molecule has 0 spiro atoms. The molecule has 3 aromatic carbocycles. The van der Waals surface area contributed by atoms with Crippen LogP contribution in [0.25, 0.3) is 11.6 Å². The zero-order valence-electron chi connectivity index (χ0n) is 16.6. The van der Waals surface area contributed by atoms with Crippen molar-refractivity contribution < 1.29 is 9.47 Å². The molecular weight excluding hydrogens is 396 g/mol. The van der Waals surface area contributed by atoms with Gasteiger partial charge in [0.1, 0.15) is 6.61 Å². The topological polar surface area (TPSA) is 66.0 Å². The molecule has 0 N–H and O–H groups in total. The lowest BCUT2D eigenvalue weighted by molar-refractivity contribution is 0.284. The Morgan fingerprint density at radius 2 is 1.80 bits per heavy atom. The molecule has 0 heterocycles. The Kier molecular flexibility index (Phi) is 6.75. The van der Waals surface area contributed by atoms with Crippen molar-refractivity contribution in [1.29, 1.82) is 10.5 Å². The summed E-state index contributed by atoms with van der Waals surface area (Å²) in [4.78, 5) is 0. The van der Waals surface area contributed by atoms with Crippen molar-refractivity contribution >= 4 is 23.3 Å². The summed E-state index contributed by atoms with van der Waals surface area (Å²) in [6, 6.07) is 22.8. The summed E-state index contributed by atoms with van der Waals surface area (Å²) in [6.07, 6.45) is 1.76. The zero-order valence-corrected chi connectivity index (χ0v) is 17.4. The molecule has 4 nitrogen and oxygen atoms in total. The van der Waals surface area contributed by atoms with E-state index in [4.69, 9.17) is 21.1 Å². The number of methoxy groups -OCH3 is 1. The van der Waals surface area contributed by atoms with Gasteiger partial charge in [-0.05, 0) is 42.3 Å². The fourth-order valence-corrected chi connectivity index (χ4v) is 3.22. The second-order valence-electron chi connectivity index (χ2n) is 6.63. The number of rotatable bonds is 6. The second kappa shape index (κ2) is 9.65. The van der Waals surface area contributed by atoms with E-state index in [-0.39, 0.29) is 6.61 Å². The molecule has 3 aromatic rings. The SMILES string of the molecule is COc1cc(/C=C(/C#N)c2ccc(C)cc2)cc(Cl)c1OCc1ccccc1C#N. The smallest absolute Gasteiger partial charge is 0.180 e. The molecule has 148 valence electrons. The predicted molar refractivity (Wildman–Crippen MR) is 118 cm³/mol. The summed E-state index contributed by atoms with van der Waals surface area (Å²) < 4.78 is 11.3. The van der Waals surface area contributed by atoms with Crippen LogP contribution in [0.3, 0.4) is 0 Å². The maximum Gasteiger partial charge on any atom is 0.180 e. The highest BCUT2D eigenvalue weighted by Gasteiger charge is 2.13. The molecule has 0 aromatic heterocycles. The summed E-state index contributed by atoms with van der Waals surface area (Å²) >= 11 is 6.46. The Labute approximate surface area is 181 Å². The van der Waals surface area contributed by atoms with E-state index in [0.717, 1.165) is 22.3 Å². The van der Waals surface area contributed by atoms with Crippen LogP contribution in [0.1, 0.15) is 27.8 Å². The molecular formula is C25H19ClN2O2. The monoisotopic (exact) mass is 414 g/mol. The third kappa shape index (κ3) is 4.81. The quantitative estimate of drug-likeness (QED) is 0.357. The lowest BCUT2D eigenvalue weighted by Gasteiger charge is -2.14. The van der Waals surface area contributed by atoms with Gasteiger partial charge in [0.25, 0.3) is 0 Å². The molecule has 0 fully saturated rings. The van der Waals surface area contributed by atoms with Gasteiger partial charge in [-0.25, -0.2) is 0 Å². The average molecular weight is 415 g/mol. The van der Waals surface area contributed by atoms with E-state index < -0.39 is 0 Å². The Bertz CT molecular complexity index is 1170. The Morgan fingerprint density at radius 1 is 1.07 bits per heavy atom. The van der Waals surface area contributed by atoms with E-state index in [2.05, 4.69) is 12.1 Å². The number of nitrogens with zero attached hydrogens (tertiary/aromatic N) is 2. The van der Waals surface area contributed by atoms with Crippen LogP contribution in [0.4, 0.5) is 0 Å². The minimum absolute atomic E-state index is 0.182. The van der Waals surface area contributed by atoms with E-state index in [1.807, 2.05) is 43.3 Å². The number of allylic oxidation sites excluding steroid dienone is 1. The maximum atomic E-state index is 9.59. The molecule has 0 radical (unpaired) electrons. The molecule has 0 amide bonds. The van der Waals surface area contributed by atoms with Gasteiger partial charge < -0.3 is 9.47 Å². The lowest BCUT2D eigenvalue weighted by atomic mass is 10.0. The van der Waals surface area contributed by atoms with E-state index in [1.165, 1.54) is 7.11 Å². The van der Waals surface area contributed by atoms with Crippen LogP contribution in [-0.2, 0) is 6.61 Å². The number of hydrogen-bond acceptors (Lipinski definition) is 4. The van der Waals surface area contributed by atoms with E-state index in [1.54, 1.807) is 30.3 Å². The highest BCUT2D eigenvalue weighted by Crippen LogP contribution is 2.38. The van der Waals surface area contributed by atoms with Gasteiger partial charge in [-0.2, -0.15) is 10.5 Å². The Balaban J connectivity index is 1.91. The first-order valence-corrected chi connectivity index (χ1v) is 9.60. The first-order chi connectivity index (χ1) is 14.5. The molecule has 0 atom stereocenters. The lowest BCUT2D eigenvalue weighted by Crippen LogP contribution is -2.01.